The Kier molecular flexibility index (Phi) is 3.63. The van der Waals surface area contributed by atoms with Gasteiger partial charge in [-0.05, 0) is 30.4 Å². The minimum atomic E-state index is -0.139. The van der Waals surface area contributed by atoms with Crippen molar-refractivity contribution in [3.05, 3.63) is 54.4 Å². The van der Waals surface area contributed by atoms with Crippen molar-refractivity contribution in [1.29, 1.82) is 0 Å². The molecule has 2 aromatic rings. The van der Waals surface area contributed by atoms with Gasteiger partial charge in [-0.3, -0.25) is 9.48 Å². The Labute approximate surface area is 118 Å². The van der Waals surface area contributed by atoms with Crippen LogP contribution in [0.15, 0.2) is 48.8 Å². The molecule has 1 heterocycles. The van der Waals surface area contributed by atoms with E-state index < -0.39 is 0 Å². The molecule has 0 spiro atoms. The minimum Gasteiger partial charge on any atom is -0.320 e. The first-order valence-electron chi connectivity index (χ1n) is 6.86. The maximum absolute atomic E-state index is 11.8. The van der Waals surface area contributed by atoms with E-state index in [2.05, 4.69) is 10.4 Å². The Morgan fingerprint density at radius 1 is 1.35 bits per heavy atom. The third-order valence-electron chi connectivity index (χ3n) is 3.27. The van der Waals surface area contributed by atoms with Gasteiger partial charge in [-0.25, -0.2) is 0 Å². The smallest absolute Gasteiger partial charge is 0.248 e. The van der Waals surface area contributed by atoms with Crippen LogP contribution < -0.4 is 5.32 Å². The molecule has 0 atom stereocenters. The minimum absolute atomic E-state index is 0.139. The Bertz CT molecular complexity index is 612. The fourth-order valence-electron chi connectivity index (χ4n) is 2.01. The Morgan fingerprint density at radius 3 is 2.90 bits per heavy atom. The SMILES string of the molecule is O=C(/C=C/c1ccccc1)Nc1cnn(CC2CC2)c1. The van der Waals surface area contributed by atoms with Crippen molar-refractivity contribution in [3.63, 3.8) is 0 Å². The molecule has 0 unspecified atom stereocenters. The molecule has 0 saturated heterocycles. The predicted octanol–water partition coefficient (Wildman–Crippen LogP) is 2.95. The van der Waals surface area contributed by atoms with Crippen LogP contribution in [0.25, 0.3) is 6.08 Å². The highest BCUT2D eigenvalue weighted by molar-refractivity contribution is 6.01. The number of carbonyl (C=O) groups excluding carboxylic acids is 1. The average molecular weight is 267 g/mol. The highest BCUT2D eigenvalue weighted by Gasteiger charge is 2.21. The normalized spacial score (nSPS) is 14.6. The van der Waals surface area contributed by atoms with Gasteiger partial charge in [0.25, 0.3) is 0 Å². The van der Waals surface area contributed by atoms with Crippen molar-refractivity contribution >= 4 is 17.7 Å². The van der Waals surface area contributed by atoms with Gasteiger partial charge in [0, 0.05) is 18.8 Å². The molecule has 1 aliphatic rings. The molecule has 4 heteroatoms. The molecule has 20 heavy (non-hydrogen) atoms. The first-order chi connectivity index (χ1) is 9.79. The number of benzene rings is 1. The molecule has 0 bridgehead atoms. The van der Waals surface area contributed by atoms with E-state index in [0.29, 0.717) is 0 Å². The summed E-state index contributed by atoms with van der Waals surface area (Å²) in [5.74, 6) is 0.635. The van der Waals surface area contributed by atoms with Gasteiger partial charge in [0.05, 0.1) is 11.9 Å². The van der Waals surface area contributed by atoms with E-state index in [4.69, 9.17) is 0 Å². The molecule has 0 radical (unpaired) electrons. The lowest BCUT2D eigenvalue weighted by molar-refractivity contribution is -0.111. The molecule has 1 aliphatic carbocycles. The third-order valence-corrected chi connectivity index (χ3v) is 3.27. The van der Waals surface area contributed by atoms with E-state index in [0.717, 1.165) is 23.7 Å². The predicted molar refractivity (Wildman–Crippen MR) is 79.1 cm³/mol. The number of nitrogens with one attached hydrogen (secondary N) is 1. The van der Waals surface area contributed by atoms with Crippen LogP contribution in [0, 0.1) is 5.92 Å². The summed E-state index contributed by atoms with van der Waals surface area (Å²) in [7, 11) is 0. The topological polar surface area (TPSA) is 46.9 Å². The summed E-state index contributed by atoms with van der Waals surface area (Å²) >= 11 is 0. The maximum atomic E-state index is 11.8. The Hall–Kier alpha value is -2.36. The van der Waals surface area contributed by atoms with Crippen molar-refractivity contribution < 1.29 is 4.79 Å². The summed E-state index contributed by atoms with van der Waals surface area (Å²) in [5.41, 5.74) is 1.75. The summed E-state index contributed by atoms with van der Waals surface area (Å²) in [5, 5.41) is 7.06. The first kappa shape index (κ1) is 12.7. The zero-order valence-corrected chi connectivity index (χ0v) is 11.2. The van der Waals surface area contributed by atoms with Gasteiger partial charge in [-0.1, -0.05) is 30.3 Å². The van der Waals surface area contributed by atoms with Crippen molar-refractivity contribution in [2.75, 3.05) is 5.32 Å². The molecule has 1 saturated carbocycles. The van der Waals surface area contributed by atoms with Crippen LogP contribution in [-0.4, -0.2) is 15.7 Å². The standard InChI is InChI=1S/C16H17N3O/c20-16(9-8-13-4-2-1-3-5-13)18-15-10-17-19(12-15)11-14-6-7-14/h1-5,8-10,12,14H,6-7,11H2,(H,18,20)/b9-8+. The van der Waals surface area contributed by atoms with Crippen molar-refractivity contribution in [2.45, 2.75) is 19.4 Å². The Balaban J connectivity index is 1.55. The van der Waals surface area contributed by atoms with Crippen molar-refractivity contribution in [3.8, 4) is 0 Å². The first-order valence-corrected chi connectivity index (χ1v) is 6.86. The second-order valence-electron chi connectivity index (χ2n) is 5.13. The molecular weight excluding hydrogens is 250 g/mol. The molecular formula is C16H17N3O. The van der Waals surface area contributed by atoms with Crippen LogP contribution in [0.3, 0.4) is 0 Å². The van der Waals surface area contributed by atoms with E-state index in [1.807, 2.05) is 41.2 Å². The number of carbonyl (C=O) groups is 1. The van der Waals surface area contributed by atoms with E-state index in [9.17, 15) is 4.79 Å². The molecule has 102 valence electrons. The van der Waals surface area contributed by atoms with E-state index in [1.165, 1.54) is 18.9 Å². The molecule has 1 N–H and O–H groups in total. The van der Waals surface area contributed by atoms with E-state index in [1.54, 1.807) is 12.3 Å². The maximum Gasteiger partial charge on any atom is 0.248 e. The number of anilines is 1. The summed E-state index contributed by atoms with van der Waals surface area (Å²) in [6, 6.07) is 9.75. The molecule has 1 amide bonds. The van der Waals surface area contributed by atoms with Crippen LogP contribution in [0.2, 0.25) is 0 Å². The van der Waals surface area contributed by atoms with Crippen molar-refractivity contribution in [2.24, 2.45) is 5.92 Å². The van der Waals surface area contributed by atoms with Gasteiger partial charge < -0.3 is 5.32 Å². The van der Waals surface area contributed by atoms with Gasteiger partial charge in [0.2, 0.25) is 5.91 Å². The second kappa shape index (κ2) is 5.74. The molecule has 1 fully saturated rings. The van der Waals surface area contributed by atoms with Crippen LogP contribution in [0.5, 0.6) is 0 Å². The van der Waals surface area contributed by atoms with E-state index >= 15 is 0 Å². The van der Waals surface area contributed by atoms with Crippen LogP contribution in [-0.2, 0) is 11.3 Å². The number of amides is 1. The molecule has 0 aliphatic heterocycles. The second-order valence-corrected chi connectivity index (χ2v) is 5.13. The number of hydrogen-bond donors (Lipinski definition) is 1. The summed E-state index contributed by atoms with van der Waals surface area (Å²) < 4.78 is 1.90. The summed E-state index contributed by atoms with van der Waals surface area (Å²) in [6.45, 7) is 0.954. The molecule has 1 aromatic carbocycles. The summed E-state index contributed by atoms with van der Waals surface area (Å²) in [6.07, 6.45) is 9.49. The molecule has 1 aromatic heterocycles. The third kappa shape index (κ3) is 3.57. The number of aromatic nitrogens is 2. The van der Waals surface area contributed by atoms with Gasteiger partial charge in [0.1, 0.15) is 0 Å². The van der Waals surface area contributed by atoms with Gasteiger partial charge in [-0.15, -0.1) is 0 Å². The lowest BCUT2D eigenvalue weighted by atomic mass is 10.2. The van der Waals surface area contributed by atoms with Gasteiger partial charge >= 0.3 is 0 Å². The van der Waals surface area contributed by atoms with Gasteiger partial charge in [0.15, 0.2) is 0 Å². The fraction of sp³-hybridized carbons (Fsp3) is 0.250. The largest absolute Gasteiger partial charge is 0.320 e. The lowest BCUT2D eigenvalue weighted by Gasteiger charge is -1.98. The van der Waals surface area contributed by atoms with Gasteiger partial charge in [-0.2, -0.15) is 5.10 Å². The Morgan fingerprint density at radius 2 is 2.15 bits per heavy atom. The summed E-state index contributed by atoms with van der Waals surface area (Å²) in [4.78, 5) is 11.8. The number of nitrogens with zero attached hydrogens (tertiary/aromatic N) is 2. The van der Waals surface area contributed by atoms with Crippen LogP contribution in [0.1, 0.15) is 18.4 Å². The van der Waals surface area contributed by atoms with E-state index in [-0.39, 0.29) is 5.91 Å². The molecule has 4 nitrogen and oxygen atoms in total. The average Bonchev–Trinajstić information content (AvgIpc) is 3.17. The monoisotopic (exact) mass is 267 g/mol. The number of rotatable bonds is 5. The molecule has 3 rings (SSSR count). The number of hydrogen-bond acceptors (Lipinski definition) is 2. The zero-order valence-electron chi connectivity index (χ0n) is 11.2. The van der Waals surface area contributed by atoms with Crippen LogP contribution in [0.4, 0.5) is 5.69 Å². The highest BCUT2D eigenvalue weighted by Crippen LogP contribution is 2.30. The quantitative estimate of drug-likeness (QED) is 0.847. The fourth-order valence-corrected chi connectivity index (χ4v) is 2.01. The zero-order chi connectivity index (χ0) is 13.8. The highest BCUT2D eigenvalue weighted by atomic mass is 16.1. The van der Waals surface area contributed by atoms with Crippen LogP contribution >= 0.6 is 0 Å². The van der Waals surface area contributed by atoms with Crippen molar-refractivity contribution in [1.82, 2.24) is 9.78 Å². The lowest BCUT2D eigenvalue weighted by Crippen LogP contribution is -2.07.